The van der Waals surface area contributed by atoms with Gasteiger partial charge in [-0.15, -0.1) is 0 Å². The number of carbonyl (C=O) groups excluding carboxylic acids is 1. The van der Waals surface area contributed by atoms with E-state index in [1.807, 2.05) is 35.6 Å². The fourth-order valence-electron chi connectivity index (χ4n) is 5.06. The molecule has 2 N–H and O–H groups in total. The molecule has 0 atom stereocenters. The number of rotatable bonds is 3. The van der Waals surface area contributed by atoms with Gasteiger partial charge in [-0.25, -0.2) is 14.5 Å². The summed E-state index contributed by atoms with van der Waals surface area (Å²) in [7, 11) is 0. The fraction of sp³-hybridized carbons (Fsp3) is 0.409. The molecule has 0 unspecified atom stereocenters. The van der Waals surface area contributed by atoms with Crippen LogP contribution in [0.5, 0.6) is 0 Å². The number of fused-ring (bicyclic) bond motifs is 2. The summed E-state index contributed by atoms with van der Waals surface area (Å²) in [5.41, 5.74) is 4.06. The van der Waals surface area contributed by atoms with Crippen LogP contribution in [0.4, 0.5) is 5.95 Å². The highest BCUT2D eigenvalue weighted by Gasteiger charge is 2.46. The minimum absolute atomic E-state index is 0.194. The van der Waals surface area contributed by atoms with Crippen LogP contribution in [0.2, 0.25) is 0 Å². The zero-order chi connectivity index (χ0) is 21.0. The van der Waals surface area contributed by atoms with Crippen LogP contribution in [0, 0.1) is 5.41 Å². The maximum atomic E-state index is 11.5. The summed E-state index contributed by atoms with van der Waals surface area (Å²) in [6.07, 6.45) is 11.8. The highest BCUT2D eigenvalue weighted by atomic mass is 16.2. The Morgan fingerprint density at radius 1 is 1.26 bits per heavy atom. The number of aromatic amines is 1. The summed E-state index contributed by atoms with van der Waals surface area (Å²) in [5.74, 6) is 0.855. The lowest BCUT2D eigenvalue weighted by Crippen LogP contribution is -2.59. The number of carbonyl (C=O) groups is 1. The summed E-state index contributed by atoms with van der Waals surface area (Å²) < 4.78 is 1.74. The number of nitrogens with one attached hydrogen (secondary N) is 2. The lowest BCUT2D eigenvalue weighted by Gasteiger charge is -2.53. The van der Waals surface area contributed by atoms with Crippen molar-refractivity contribution < 1.29 is 4.79 Å². The standard InChI is InChI=1S/C22H24N8O/c1-14(31)29-11-22(12-29)5-2-16(3-6-22)27-21-24-10-18-17(9-23-20(18)28-21)15-4-7-30-19(8-15)25-13-26-30/h4,7-10,13,16H,2-3,5-6,11-12H2,1H3,(H2,23,24,27,28). The van der Waals surface area contributed by atoms with E-state index in [1.54, 1.807) is 17.8 Å². The molecule has 1 aliphatic carbocycles. The predicted molar refractivity (Wildman–Crippen MR) is 116 cm³/mol. The van der Waals surface area contributed by atoms with Crippen molar-refractivity contribution in [2.45, 2.75) is 38.6 Å². The van der Waals surface area contributed by atoms with Gasteiger partial charge < -0.3 is 15.2 Å². The van der Waals surface area contributed by atoms with E-state index in [9.17, 15) is 4.79 Å². The predicted octanol–water partition coefficient (Wildman–Crippen LogP) is 2.87. The summed E-state index contributed by atoms with van der Waals surface area (Å²) >= 11 is 0. The van der Waals surface area contributed by atoms with Crippen molar-refractivity contribution in [1.82, 2.24) is 34.4 Å². The van der Waals surface area contributed by atoms with Gasteiger partial charge in [-0.1, -0.05) is 0 Å². The number of amides is 1. The molecule has 4 aromatic rings. The second-order valence-electron chi connectivity index (χ2n) is 8.93. The topological polar surface area (TPSA) is 104 Å². The molecule has 0 radical (unpaired) electrons. The lowest BCUT2D eigenvalue weighted by molar-refractivity contribution is -0.143. The minimum atomic E-state index is 0.194. The quantitative estimate of drug-likeness (QED) is 0.532. The number of anilines is 1. The van der Waals surface area contributed by atoms with E-state index in [0.29, 0.717) is 17.4 Å². The summed E-state index contributed by atoms with van der Waals surface area (Å²) in [5, 5.41) is 8.65. The Bertz CT molecular complexity index is 1280. The molecule has 9 heteroatoms. The first kappa shape index (κ1) is 18.3. The third kappa shape index (κ3) is 3.11. The van der Waals surface area contributed by atoms with Crippen molar-refractivity contribution in [3.05, 3.63) is 37.1 Å². The van der Waals surface area contributed by atoms with Gasteiger partial charge in [0.05, 0.1) is 0 Å². The van der Waals surface area contributed by atoms with Crippen LogP contribution in [0.1, 0.15) is 32.6 Å². The first-order valence-electron chi connectivity index (χ1n) is 10.7. The molecule has 1 spiro atoms. The van der Waals surface area contributed by atoms with Crippen molar-refractivity contribution >= 4 is 28.5 Å². The van der Waals surface area contributed by atoms with Crippen LogP contribution in [0.15, 0.2) is 37.1 Å². The molecule has 31 heavy (non-hydrogen) atoms. The molecule has 1 saturated carbocycles. The van der Waals surface area contributed by atoms with Crippen molar-refractivity contribution in [3.63, 3.8) is 0 Å². The first-order chi connectivity index (χ1) is 15.1. The van der Waals surface area contributed by atoms with E-state index in [0.717, 1.165) is 66.6 Å². The maximum absolute atomic E-state index is 11.5. The largest absolute Gasteiger partial charge is 0.351 e. The van der Waals surface area contributed by atoms with E-state index in [2.05, 4.69) is 25.4 Å². The van der Waals surface area contributed by atoms with Crippen LogP contribution in [0.3, 0.4) is 0 Å². The number of nitrogens with zero attached hydrogens (tertiary/aromatic N) is 6. The monoisotopic (exact) mass is 416 g/mol. The van der Waals surface area contributed by atoms with Crippen LogP contribution < -0.4 is 5.32 Å². The summed E-state index contributed by atoms with van der Waals surface area (Å²) in [6.45, 7) is 3.50. The molecule has 9 nitrogen and oxygen atoms in total. The number of pyridine rings is 1. The molecule has 2 aliphatic rings. The summed E-state index contributed by atoms with van der Waals surface area (Å²) in [6, 6.07) is 4.40. The van der Waals surface area contributed by atoms with Gasteiger partial charge in [0.2, 0.25) is 11.9 Å². The molecule has 6 rings (SSSR count). The molecular formula is C22H24N8O. The molecule has 0 aromatic carbocycles. The van der Waals surface area contributed by atoms with Crippen molar-refractivity contribution in [1.29, 1.82) is 0 Å². The number of hydrogen-bond acceptors (Lipinski definition) is 6. The molecule has 4 aromatic heterocycles. The minimum Gasteiger partial charge on any atom is -0.351 e. The fourth-order valence-corrected chi connectivity index (χ4v) is 5.06. The molecule has 1 aliphatic heterocycles. The van der Waals surface area contributed by atoms with Gasteiger partial charge in [0.15, 0.2) is 5.65 Å². The molecule has 0 bridgehead atoms. The number of H-pyrrole nitrogens is 1. The molecule has 1 saturated heterocycles. The van der Waals surface area contributed by atoms with Gasteiger partial charge in [0.1, 0.15) is 12.0 Å². The second kappa shape index (κ2) is 6.76. The highest BCUT2D eigenvalue weighted by Crippen LogP contribution is 2.44. The smallest absolute Gasteiger partial charge is 0.224 e. The Morgan fingerprint density at radius 2 is 2.10 bits per heavy atom. The molecular weight excluding hydrogens is 392 g/mol. The van der Waals surface area contributed by atoms with E-state index < -0.39 is 0 Å². The lowest BCUT2D eigenvalue weighted by atomic mass is 9.67. The Hall–Kier alpha value is -3.49. The Balaban J connectivity index is 1.16. The van der Waals surface area contributed by atoms with Crippen molar-refractivity contribution in [2.24, 2.45) is 5.41 Å². The third-order valence-corrected chi connectivity index (χ3v) is 6.90. The van der Waals surface area contributed by atoms with Gasteiger partial charge in [0.25, 0.3) is 0 Å². The van der Waals surface area contributed by atoms with E-state index in [4.69, 9.17) is 4.98 Å². The van der Waals surface area contributed by atoms with Crippen LogP contribution in [-0.4, -0.2) is 59.5 Å². The van der Waals surface area contributed by atoms with E-state index in [1.165, 1.54) is 0 Å². The third-order valence-electron chi connectivity index (χ3n) is 6.90. The Morgan fingerprint density at radius 3 is 2.90 bits per heavy atom. The van der Waals surface area contributed by atoms with Gasteiger partial charge in [-0.3, -0.25) is 4.79 Å². The molecule has 1 amide bonds. The zero-order valence-corrected chi connectivity index (χ0v) is 17.4. The van der Waals surface area contributed by atoms with E-state index in [-0.39, 0.29) is 5.91 Å². The van der Waals surface area contributed by atoms with Gasteiger partial charge in [-0.05, 0) is 43.4 Å². The Kier molecular flexibility index (Phi) is 3.99. The summed E-state index contributed by atoms with van der Waals surface area (Å²) in [4.78, 5) is 30.3. The van der Waals surface area contributed by atoms with E-state index >= 15 is 0 Å². The Labute approximate surface area is 178 Å². The number of aromatic nitrogens is 6. The molecule has 5 heterocycles. The second-order valence-corrected chi connectivity index (χ2v) is 8.93. The maximum Gasteiger partial charge on any atom is 0.224 e. The average molecular weight is 416 g/mol. The van der Waals surface area contributed by atoms with Crippen molar-refractivity contribution in [3.8, 4) is 11.1 Å². The van der Waals surface area contributed by atoms with Crippen LogP contribution >= 0.6 is 0 Å². The normalized spacial score (nSPS) is 18.5. The SMILES string of the molecule is CC(=O)N1CC2(CCC(Nc3ncc4c(-c5ccn6ncnc6c5)c[nH]c4n3)CC2)C1. The number of likely N-dealkylation sites (tertiary alicyclic amines) is 1. The number of hydrogen-bond donors (Lipinski definition) is 2. The first-order valence-corrected chi connectivity index (χ1v) is 10.7. The zero-order valence-electron chi connectivity index (χ0n) is 17.4. The average Bonchev–Trinajstić information content (AvgIpc) is 3.38. The molecule has 158 valence electrons. The van der Waals surface area contributed by atoms with Crippen LogP contribution in [0.25, 0.3) is 27.8 Å². The van der Waals surface area contributed by atoms with Crippen molar-refractivity contribution in [2.75, 3.05) is 18.4 Å². The van der Waals surface area contributed by atoms with Gasteiger partial charge in [-0.2, -0.15) is 10.1 Å². The molecule has 2 fully saturated rings. The van der Waals surface area contributed by atoms with Gasteiger partial charge in [0, 0.05) is 61.0 Å². The van der Waals surface area contributed by atoms with Crippen LogP contribution in [-0.2, 0) is 4.79 Å². The highest BCUT2D eigenvalue weighted by molar-refractivity contribution is 5.93. The van der Waals surface area contributed by atoms with Gasteiger partial charge >= 0.3 is 0 Å².